The summed E-state index contributed by atoms with van der Waals surface area (Å²) in [4.78, 5) is 28.2. The molecule has 1 amide bonds. The fraction of sp³-hybridized carbons (Fsp3) is 0.231. The number of Topliss-reactive ketones (excluding diaryl/α,β-unsaturated/α-hetero) is 1. The first-order valence-electron chi connectivity index (χ1n) is 11.0. The van der Waals surface area contributed by atoms with Crippen molar-refractivity contribution in [1.29, 1.82) is 0 Å². The van der Waals surface area contributed by atoms with Crippen LogP contribution in [0.4, 0.5) is 14.5 Å². The number of nitrogens with zero attached hydrogens (tertiary/aromatic N) is 1. The number of halogens is 2. The van der Waals surface area contributed by atoms with Crippen molar-refractivity contribution in [2.24, 2.45) is 0 Å². The molecule has 1 N–H and O–H groups in total. The van der Waals surface area contributed by atoms with Crippen LogP contribution >= 0.6 is 11.3 Å². The number of benzene rings is 2. The Hall–Kier alpha value is -3.72. The highest BCUT2D eigenvalue weighted by Crippen LogP contribution is 2.46. The lowest BCUT2D eigenvalue weighted by Gasteiger charge is -2.25. The summed E-state index contributed by atoms with van der Waals surface area (Å²) < 4.78 is 38.9. The Kier molecular flexibility index (Phi) is 6.88. The number of carbonyl (C=O) groups is 2. The number of hydrogen-bond acceptors (Lipinski definition) is 6. The first kappa shape index (κ1) is 24.4. The number of aryl methyl sites for hydroxylation is 1. The maximum atomic E-state index is 14.1. The number of ether oxygens (including phenoxy) is 2. The van der Waals surface area contributed by atoms with E-state index in [4.69, 9.17) is 9.47 Å². The number of rotatable bonds is 7. The maximum Gasteiger partial charge on any atom is 0.300 e. The standard InChI is InChI=1S/C26H23F2NO5S/c1-4-33-16-7-8-17(20(13-16)34-5-2)23(30)21-22(25-14(3)10-11-35-25)29(26(32)24(21)31)15-6-9-18(27)19(28)12-15/h6-13,22,30H,4-5H2,1-3H3/b23-21+. The molecule has 1 unspecified atom stereocenters. The molecule has 0 spiro atoms. The highest BCUT2D eigenvalue weighted by molar-refractivity contribution is 7.10. The first-order valence-corrected chi connectivity index (χ1v) is 11.9. The summed E-state index contributed by atoms with van der Waals surface area (Å²) in [6.07, 6.45) is 0. The van der Waals surface area contributed by atoms with E-state index in [1.165, 1.54) is 17.4 Å². The molecule has 1 saturated heterocycles. The van der Waals surface area contributed by atoms with Crippen LogP contribution in [0.2, 0.25) is 0 Å². The molecule has 35 heavy (non-hydrogen) atoms. The van der Waals surface area contributed by atoms with Crippen molar-refractivity contribution in [1.82, 2.24) is 0 Å². The van der Waals surface area contributed by atoms with Crippen LogP contribution < -0.4 is 14.4 Å². The zero-order chi connectivity index (χ0) is 25.3. The molecular formula is C26H23F2NO5S. The van der Waals surface area contributed by atoms with E-state index >= 15 is 0 Å². The molecule has 0 saturated carbocycles. The molecule has 0 aliphatic carbocycles. The number of anilines is 1. The molecule has 0 bridgehead atoms. The summed E-state index contributed by atoms with van der Waals surface area (Å²) in [5.74, 6) is -3.78. The van der Waals surface area contributed by atoms with Gasteiger partial charge in [-0.1, -0.05) is 0 Å². The van der Waals surface area contributed by atoms with Crippen LogP contribution in [0.25, 0.3) is 5.76 Å². The van der Waals surface area contributed by atoms with Crippen molar-refractivity contribution < 1.29 is 33.0 Å². The molecule has 3 aromatic rings. The Balaban J connectivity index is 1.94. The molecule has 2 aromatic carbocycles. The van der Waals surface area contributed by atoms with Gasteiger partial charge in [0.15, 0.2) is 11.6 Å². The van der Waals surface area contributed by atoms with E-state index in [0.717, 1.165) is 22.6 Å². The van der Waals surface area contributed by atoms with E-state index in [0.29, 0.717) is 17.2 Å². The van der Waals surface area contributed by atoms with Crippen molar-refractivity contribution in [2.45, 2.75) is 26.8 Å². The van der Waals surface area contributed by atoms with Gasteiger partial charge in [0.05, 0.1) is 24.4 Å². The second-order valence-corrected chi connectivity index (χ2v) is 8.71. The molecule has 182 valence electrons. The third-order valence-corrected chi connectivity index (χ3v) is 6.67. The Morgan fingerprint density at radius 1 is 1.03 bits per heavy atom. The molecular weight excluding hydrogens is 476 g/mol. The lowest BCUT2D eigenvalue weighted by molar-refractivity contribution is -0.132. The molecule has 4 rings (SSSR count). The van der Waals surface area contributed by atoms with E-state index in [1.807, 2.05) is 13.0 Å². The number of thiophene rings is 1. The van der Waals surface area contributed by atoms with E-state index in [9.17, 15) is 23.5 Å². The Bertz CT molecular complexity index is 1330. The van der Waals surface area contributed by atoms with Crippen LogP contribution in [0, 0.1) is 18.6 Å². The number of aliphatic hydroxyl groups is 1. The molecule has 1 aromatic heterocycles. The average molecular weight is 500 g/mol. The van der Waals surface area contributed by atoms with E-state index in [2.05, 4.69) is 0 Å². The summed E-state index contributed by atoms with van der Waals surface area (Å²) in [6, 6.07) is 8.52. The third kappa shape index (κ3) is 4.39. The smallest absolute Gasteiger partial charge is 0.300 e. The number of hydrogen-bond donors (Lipinski definition) is 1. The molecule has 2 heterocycles. The SMILES string of the molecule is CCOc1ccc(/C(O)=C2\C(=O)C(=O)N(c3ccc(F)c(F)c3)C2c2sccc2C)c(OCC)c1. The quantitative estimate of drug-likeness (QED) is 0.254. The number of amides is 1. The van der Waals surface area contributed by atoms with E-state index in [1.54, 1.807) is 37.4 Å². The predicted molar refractivity (Wildman–Crippen MR) is 129 cm³/mol. The van der Waals surface area contributed by atoms with Gasteiger partial charge in [-0.05, 0) is 62.0 Å². The highest BCUT2D eigenvalue weighted by atomic mass is 32.1. The fourth-order valence-corrected chi connectivity index (χ4v) is 5.05. The van der Waals surface area contributed by atoms with Gasteiger partial charge in [0, 0.05) is 22.7 Å². The van der Waals surface area contributed by atoms with Crippen LogP contribution in [0.1, 0.15) is 35.9 Å². The fourth-order valence-electron chi connectivity index (χ4n) is 4.02. The normalized spacial score (nSPS) is 17.2. The van der Waals surface area contributed by atoms with Crippen molar-refractivity contribution in [3.63, 3.8) is 0 Å². The zero-order valence-electron chi connectivity index (χ0n) is 19.3. The minimum atomic E-state index is -1.16. The second kappa shape index (κ2) is 9.87. The van der Waals surface area contributed by atoms with Crippen molar-refractivity contribution in [3.05, 3.63) is 81.1 Å². The molecule has 1 atom stereocenters. The molecule has 6 nitrogen and oxygen atoms in total. The van der Waals surface area contributed by atoms with Crippen LogP contribution in [0.3, 0.4) is 0 Å². The van der Waals surface area contributed by atoms with Gasteiger partial charge < -0.3 is 14.6 Å². The summed E-state index contributed by atoms with van der Waals surface area (Å²) in [5.41, 5.74) is 0.810. The largest absolute Gasteiger partial charge is 0.507 e. The number of aliphatic hydroxyl groups excluding tert-OH is 1. The average Bonchev–Trinajstić information content (AvgIpc) is 3.36. The highest BCUT2D eigenvalue weighted by Gasteiger charge is 2.48. The zero-order valence-corrected chi connectivity index (χ0v) is 20.1. The molecule has 1 fully saturated rings. The predicted octanol–water partition coefficient (Wildman–Crippen LogP) is 5.76. The topological polar surface area (TPSA) is 76.1 Å². The number of carbonyl (C=O) groups excluding carboxylic acids is 2. The van der Waals surface area contributed by atoms with Crippen LogP contribution in [0.15, 0.2) is 53.4 Å². The van der Waals surface area contributed by atoms with Crippen LogP contribution in [-0.4, -0.2) is 30.0 Å². The van der Waals surface area contributed by atoms with E-state index < -0.39 is 35.1 Å². The number of ketones is 1. The first-order chi connectivity index (χ1) is 16.8. The van der Waals surface area contributed by atoms with Crippen molar-refractivity contribution in [3.8, 4) is 11.5 Å². The molecule has 1 aliphatic heterocycles. The Morgan fingerprint density at radius 3 is 2.40 bits per heavy atom. The van der Waals surface area contributed by atoms with Gasteiger partial charge in [-0.15, -0.1) is 11.3 Å². The molecule has 0 radical (unpaired) electrons. The minimum Gasteiger partial charge on any atom is -0.507 e. The van der Waals surface area contributed by atoms with Crippen molar-refractivity contribution in [2.75, 3.05) is 18.1 Å². The van der Waals surface area contributed by atoms with Crippen LogP contribution in [0.5, 0.6) is 11.5 Å². The Labute approximate surface area is 205 Å². The lowest BCUT2D eigenvalue weighted by atomic mass is 9.97. The lowest BCUT2D eigenvalue weighted by Crippen LogP contribution is -2.29. The summed E-state index contributed by atoms with van der Waals surface area (Å²) >= 11 is 1.29. The van der Waals surface area contributed by atoms with Gasteiger partial charge in [-0.2, -0.15) is 0 Å². The monoisotopic (exact) mass is 499 g/mol. The Morgan fingerprint density at radius 2 is 1.77 bits per heavy atom. The van der Waals surface area contributed by atoms with Gasteiger partial charge in [-0.3, -0.25) is 14.5 Å². The van der Waals surface area contributed by atoms with Gasteiger partial charge in [0.2, 0.25) is 0 Å². The summed E-state index contributed by atoms with van der Waals surface area (Å²) in [6.45, 7) is 6.12. The van der Waals surface area contributed by atoms with Crippen molar-refractivity contribution >= 4 is 34.5 Å². The molecule has 9 heteroatoms. The van der Waals surface area contributed by atoms with E-state index in [-0.39, 0.29) is 29.2 Å². The van der Waals surface area contributed by atoms with Gasteiger partial charge in [-0.25, -0.2) is 8.78 Å². The summed E-state index contributed by atoms with van der Waals surface area (Å²) in [5, 5.41) is 13.2. The van der Waals surface area contributed by atoms with Gasteiger partial charge in [0.1, 0.15) is 23.3 Å². The van der Waals surface area contributed by atoms with Crippen LogP contribution in [-0.2, 0) is 9.59 Å². The minimum absolute atomic E-state index is 0.000393. The second-order valence-electron chi connectivity index (χ2n) is 7.76. The maximum absolute atomic E-state index is 14.1. The molecule has 1 aliphatic rings. The van der Waals surface area contributed by atoms with Gasteiger partial charge >= 0.3 is 0 Å². The third-order valence-electron chi connectivity index (χ3n) is 5.59. The summed E-state index contributed by atoms with van der Waals surface area (Å²) in [7, 11) is 0. The van der Waals surface area contributed by atoms with Gasteiger partial charge in [0.25, 0.3) is 11.7 Å².